The maximum atomic E-state index is 11.5. The summed E-state index contributed by atoms with van der Waals surface area (Å²) in [7, 11) is 0. The molecule has 0 saturated heterocycles. The molecule has 0 unspecified atom stereocenters. The molecule has 0 aliphatic heterocycles. The smallest absolute Gasteiger partial charge is 0.253 e. The van der Waals surface area contributed by atoms with Crippen molar-refractivity contribution >= 4 is 5.82 Å². The molecule has 0 aliphatic carbocycles. The van der Waals surface area contributed by atoms with Gasteiger partial charge in [-0.05, 0) is 6.07 Å². The van der Waals surface area contributed by atoms with Gasteiger partial charge in [0.2, 0.25) is 0 Å². The van der Waals surface area contributed by atoms with Crippen LogP contribution in [0.3, 0.4) is 0 Å². The Morgan fingerprint density at radius 2 is 2.25 bits per heavy atom. The molecule has 0 amide bonds. The van der Waals surface area contributed by atoms with Crippen molar-refractivity contribution in [2.24, 2.45) is 5.84 Å². The first-order valence-corrected chi connectivity index (χ1v) is 4.72. The van der Waals surface area contributed by atoms with Crippen LogP contribution in [0.5, 0.6) is 0 Å². The van der Waals surface area contributed by atoms with Gasteiger partial charge in [0.25, 0.3) is 5.56 Å². The molecule has 0 atom stereocenters. The summed E-state index contributed by atoms with van der Waals surface area (Å²) in [4.78, 5) is 19.4. The Balaban J connectivity index is 2.34. The molecule has 6 heteroatoms. The van der Waals surface area contributed by atoms with Crippen molar-refractivity contribution in [1.29, 1.82) is 0 Å². The Morgan fingerprint density at radius 1 is 1.38 bits per heavy atom. The van der Waals surface area contributed by atoms with Crippen molar-refractivity contribution < 1.29 is 0 Å². The number of nitrogens with two attached hydrogens (primary N) is 1. The number of hydrazine groups is 1. The average Bonchev–Trinajstić information content (AvgIpc) is 2.33. The maximum absolute atomic E-state index is 11.5. The molecule has 0 aromatic carbocycles. The van der Waals surface area contributed by atoms with Gasteiger partial charge in [-0.15, -0.1) is 0 Å². The Morgan fingerprint density at radius 3 is 3.00 bits per heavy atom. The van der Waals surface area contributed by atoms with Crippen molar-refractivity contribution in [3.05, 3.63) is 52.8 Å². The molecule has 2 heterocycles. The lowest BCUT2D eigenvalue weighted by molar-refractivity contribution is 0.734. The number of hydrogen-bond donors (Lipinski definition) is 2. The van der Waals surface area contributed by atoms with E-state index < -0.39 is 0 Å². The van der Waals surface area contributed by atoms with Crippen LogP contribution in [0, 0.1) is 0 Å². The van der Waals surface area contributed by atoms with E-state index in [0.29, 0.717) is 12.4 Å². The molecule has 0 fully saturated rings. The highest BCUT2D eigenvalue weighted by atomic mass is 16.1. The minimum atomic E-state index is -0.109. The summed E-state index contributed by atoms with van der Waals surface area (Å²) in [6.45, 7) is 0.389. The zero-order valence-corrected chi connectivity index (χ0v) is 8.50. The van der Waals surface area contributed by atoms with Gasteiger partial charge in [0.15, 0.2) is 0 Å². The minimum Gasteiger partial charge on any atom is -0.308 e. The summed E-state index contributed by atoms with van der Waals surface area (Å²) in [6.07, 6.45) is 4.57. The van der Waals surface area contributed by atoms with E-state index in [1.807, 2.05) is 6.07 Å². The van der Waals surface area contributed by atoms with Gasteiger partial charge in [-0.25, -0.2) is 15.8 Å². The van der Waals surface area contributed by atoms with Crippen molar-refractivity contribution in [2.45, 2.75) is 6.54 Å². The molecular formula is C10H11N5O. The zero-order chi connectivity index (χ0) is 11.4. The summed E-state index contributed by atoms with van der Waals surface area (Å²) in [5, 5.41) is 0. The first-order valence-electron chi connectivity index (χ1n) is 4.72. The molecule has 16 heavy (non-hydrogen) atoms. The van der Waals surface area contributed by atoms with Crippen LogP contribution >= 0.6 is 0 Å². The first kappa shape index (κ1) is 10.3. The van der Waals surface area contributed by atoms with E-state index in [4.69, 9.17) is 5.84 Å². The van der Waals surface area contributed by atoms with E-state index in [1.54, 1.807) is 12.3 Å². The van der Waals surface area contributed by atoms with Gasteiger partial charge in [0.1, 0.15) is 5.82 Å². The summed E-state index contributed by atoms with van der Waals surface area (Å²) in [6, 6.07) is 5.05. The third-order valence-electron chi connectivity index (χ3n) is 2.16. The molecule has 2 rings (SSSR count). The molecule has 0 radical (unpaired) electrons. The quantitative estimate of drug-likeness (QED) is 0.557. The van der Waals surface area contributed by atoms with Crippen LogP contribution < -0.4 is 16.8 Å². The van der Waals surface area contributed by atoms with Crippen LogP contribution in [0.25, 0.3) is 0 Å². The number of nitrogens with zero attached hydrogens (tertiary/aromatic N) is 3. The Labute approximate surface area is 91.7 Å². The van der Waals surface area contributed by atoms with Crippen LogP contribution in [0.15, 0.2) is 41.7 Å². The number of hydrogen-bond acceptors (Lipinski definition) is 5. The first-order chi connectivity index (χ1) is 7.81. The number of nitrogen functional groups attached to an aromatic ring is 1. The molecule has 0 aliphatic rings. The molecule has 82 valence electrons. The molecule has 0 bridgehead atoms. The van der Waals surface area contributed by atoms with Gasteiger partial charge in [0, 0.05) is 24.0 Å². The highest BCUT2D eigenvalue weighted by Gasteiger charge is 2.03. The van der Waals surface area contributed by atoms with Gasteiger partial charge in [-0.1, -0.05) is 6.07 Å². The van der Waals surface area contributed by atoms with Crippen molar-refractivity contribution in [3.8, 4) is 0 Å². The van der Waals surface area contributed by atoms with Gasteiger partial charge >= 0.3 is 0 Å². The largest absolute Gasteiger partial charge is 0.308 e. The fourth-order valence-electron chi connectivity index (χ4n) is 1.38. The molecule has 3 N–H and O–H groups in total. The van der Waals surface area contributed by atoms with Crippen molar-refractivity contribution in [3.63, 3.8) is 0 Å². The van der Waals surface area contributed by atoms with Crippen LogP contribution in [-0.2, 0) is 6.54 Å². The summed E-state index contributed by atoms with van der Waals surface area (Å²) in [5.41, 5.74) is 3.21. The van der Waals surface area contributed by atoms with Crippen molar-refractivity contribution in [1.82, 2.24) is 14.5 Å². The monoisotopic (exact) mass is 217 g/mol. The number of rotatable bonds is 3. The van der Waals surface area contributed by atoms with E-state index in [9.17, 15) is 4.79 Å². The van der Waals surface area contributed by atoms with E-state index in [-0.39, 0.29) is 5.56 Å². The van der Waals surface area contributed by atoms with Crippen molar-refractivity contribution in [2.75, 3.05) is 5.43 Å². The minimum absolute atomic E-state index is 0.109. The third kappa shape index (κ3) is 2.06. The topological polar surface area (TPSA) is 85.8 Å². The Kier molecular flexibility index (Phi) is 2.93. The van der Waals surface area contributed by atoms with Gasteiger partial charge in [0.05, 0.1) is 12.9 Å². The normalized spacial score (nSPS) is 10.1. The van der Waals surface area contributed by atoms with E-state index in [1.165, 1.54) is 23.2 Å². The van der Waals surface area contributed by atoms with Crippen LogP contribution in [0.1, 0.15) is 5.56 Å². The fourth-order valence-corrected chi connectivity index (χ4v) is 1.38. The summed E-state index contributed by atoms with van der Waals surface area (Å²) in [5.74, 6) is 5.88. The molecule has 2 aromatic heterocycles. The SMILES string of the molecule is NNc1ncccc1Cn1cnccc1=O. The Hall–Kier alpha value is -2.21. The van der Waals surface area contributed by atoms with E-state index in [2.05, 4.69) is 15.4 Å². The van der Waals surface area contributed by atoms with Crippen LogP contribution in [0.2, 0.25) is 0 Å². The highest BCUT2D eigenvalue weighted by molar-refractivity contribution is 5.42. The van der Waals surface area contributed by atoms with E-state index in [0.717, 1.165) is 5.56 Å². The lowest BCUT2D eigenvalue weighted by Gasteiger charge is -2.08. The lowest BCUT2D eigenvalue weighted by atomic mass is 10.2. The second-order valence-electron chi connectivity index (χ2n) is 3.20. The number of pyridine rings is 1. The van der Waals surface area contributed by atoms with Crippen LogP contribution in [-0.4, -0.2) is 14.5 Å². The second kappa shape index (κ2) is 4.54. The van der Waals surface area contributed by atoms with Gasteiger partial charge < -0.3 is 5.43 Å². The highest BCUT2D eigenvalue weighted by Crippen LogP contribution is 2.10. The summed E-state index contributed by atoms with van der Waals surface area (Å²) >= 11 is 0. The number of anilines is 1. The molecule has 0 spiro atoms. The lowest BCUT2D eigenvalue weighted by Crippen LogP contribution is -2.21. The Bertz CT molecular complexity index is 536. The second-order valence-corrected chi connectivity index (χ2v) is 3.20. The fraction of sp³-hybridized carbons (Fsp3) is 0.100. The van der Waals surface area contributed by atoms with Gasteiger partial charge in [-0.3, -0.25) is 9.36 Å². The zero-order valence-electron chi connectivity index (χ0n) is 8.50. The third-order valence-corrected chi connectivity index (χ3v) is 2.16. The molecule has 2 aromatic rings. The summed E-state index contributed by atoms with van der Waals surface area (Å²) < 4.78 is 1.48. The molecule has 0 saturated carbocycles. The number of nitrogens with one attached hydrogen (secondary N) is 1. The van der Waals surface area contributed by atoms with Crippen LogP contribution in [0.4, 0.5) is 5.82 Å². The predicted molar refractivity (Wildman–Crippen MR) is 59.6 cm³/mol. The molecular weight excluding hydrogens is 206 g/mol. The standard InChI is InChI=1S/C10H11N5O/c11-14-10-8(2-1-4-13-10)6-15-7-12-5-3-9(15)16/h1-5,7H,6,11H2,(H,13,14). The maximum Gasteiger partial charge on any atom is 0.253 e. The molecule has 6 nitrogen and oxygen atoms in total. The predicted octanol–water partition coefficient (Wildman–Crippen LogP) is -0.0278. The number of aromatic nitrogens is 3. The van der Waals surface area contributed by atoms with E-state index >= 15 is 0 Å². The van der Waals surface area contributed by atoms with Gasteiger partial charge in [-0.2, -0.15) is 0 Å². The average molecular weight is 217 g/mol.